The lowest BCUT2D eigenvalue weighted by atomic mass is 10.0. The predicted molar refractivity (Wildman–Crippen MR) is 97.1 cm³/mol. The molecule has 0 unspecified atom stereocenters. The molecular weight excluding hydrogens is 318 g/mol. The van der Waals surface area contributed by atoms with Crippen molar-refractivity contribution in [1.29, 1.82) is 0 Å². The number of hydrogen-bond donors (Lipinski definition) is 2. The minimum absolute atomic E-state index is 0.105. The highest BCUT2D eigenvalue weighted by atomic mass is 16.2. The van der Waals surface area contributed by atoms with E-state index in [0.717, 1.165) is 77.9 Å². The molecule has 3 aliphatic heterocycles. The van der Waals surface area contributed by atoms with Crippen molar-refractivity contribution in [3.63, 3.8) is 0 Å². The number of carbonyl (C=O) groups is 2. The number of likely N-dealkylation sites (tertiary alicyclic amines) is 2. The van der Waals surface area contributed by atoms with Gasteiger partial charge in [0.05, 0.1) is 6.54 Å². The molecule has 0 aromatic rings. The fourth-order valence-electron chi connectivity index (χ4n) is 4.14. The summed E-state index contributed by atoms with van der Waals surface area (Å²) in [7, 11) is 0. The zero-order valence-electron chi connectivity index (χ0n) is 15.1. The van der Waals surface area contributed by atoms with Gasteiger partial charge in [0, 0.05) is 45.3 Å². The number of urea groups is 1. The van der Waals surface area contributed by atoms with Crippen LogP contribution in [-0.4, -0.2) is 85.0 Å². The van der Waals surface area contributed by atoms with E-state index in [9.17, 15) is 9.59 Å². The second kappa shape index (κ2) is 8.67. The van der Waals surface area contributed by atoms with Crippen molar-refractivity contribution in [2.45, 2.75) is 38.1 Å². The van der Waals surface area contributed by atoms with Crippen LogP contribution in [0.2, 0.25) is 0 Å². The summed E-state index contributed by atoms with van der Waals surface area (Å²) in [4.78, 5) is 29.9. The molecule has 3 heterocycles. The Labute approximate surface area is 150 Å². The Morgan fingerprint density at radius 2 is 1.92 bits per heavy atom. The lowest BCUT2D eigenvalue weighted by Gasteiger charge is -2.36. The standard InChI is InChI=1S/C18H31N5O2/c19-17(24)14-22-7-3-5-15(12-22)11-21-8-4-6-16(13-21)20-18(25)23-9-1-2-10-23/h5,16H,1-4,6-14H2,(H2,19,24)(H,20,25)/t16-/m0/s1. The molecule has 2 fully saturated rings. The molecule has 0 aromatic carbocycles. The van der Waals surface area contributed by atoms with Gasteiger partial charge in [0.25, 0.3) is 0 Å². The van der Waals surface area contributed by atoms with Gasteiger partial charge in [-0.05, 0) is 44.2 Å². The third kappa shape index (κ3) is 5.44. The van der Waals surface area contributed by atoms with Gasteiger partial charge in [-0.2, -0.15) is 0 Å². The van der Waals surface area contributed by atoms with Crippen LogP contribution in [0.15, 0.2) is 11.6 Å². The summed E-state index contributed by atoms with van der Waals surface area (Å²) >= 11 is 0. The van der Waals surface area contributed by atoms with Gasteiger partial charge in [-0.25, -0.2) is 4.79 Å². The number of primary amides is 1. The molecule has 25 heavy (non-hydrogen) atoms. The number of piperidine rings is 1. The third-order valence-electron chi connectivity index (χ3n) is 5.34. The van der Waals surface area contributed by atoms with E-state index in [2.05, 4.69) is 21.2 Å². The summed E-state index contributed by atoms with van der Waals surface area (Å²) in [6.45, 7) is 6.76. The van der Waals surface area contributed by atoms with Crippen molar-refractivity contribution < 1.29 is 9.59 Å². The molecular formula is C18H31N5O2. The van der Waals surface area contributed by atoms with Gasteiger partial charge in [0.1, 0.15) is 0 Å². The number of carbonyl (C=O) groups excluding carboxylic acids is 2. The quantitative estimate of drug-likeness (QED) is 0.703. The van der Waals surface area contributed by atoms with E-state index >= 15 is 0 Å². The molecule has 3 rings (SSSR count). The number of nitrogens with one attached hydrogen (secondary N) is 1. The maximum absolute atomic E-state index is 12.3. The molecule has 0 radical (unpaired) electrons. The molecule has 3 aliphatic rings. The lowest BCUT2D eigenvalue weighted by molar-refractivity contribution is -0.119. The Morgan fingerprint density at radius 3 is 2.68 bits per heavy atom. The van der Waals surface area contributed by atoms with Gasteiger partial charge in [0.2, 0.25) is 5.91 Å². The minimum Gasteiger partial charge on any atom is -0.369 e. The molecule has 0 saturated carbocycles. The van der Waals surface area contributed by atoms with E-state index in [1.807, 2.05) is 4.90 Å². The van der Waals surface area contributed by atoms with Crippen molar-refractivity contribution >= 4 is 11.9 Å². The molecule has 3 N–H and O–H groups in total. The summed E-state index contributed by atoms with van der Waals surface area (Å²) in [5, 5.41) is 3.22. The van der Waals surface area contributed by atoms with Crippen molar-refractivity contribution in [3.8, 4) is 0 Å². The van der Waals surface area contributed by atoms with E-state index in [1.165, 1.54) is 5.57 Å². The molecule has 0 aromatic heterocycles. The average molecular weight is 349 g/mol. The molecule has 7 heteroatoms. The molecule has 3 amide bonds. The largest absolute Gasteiger partial charge is 0.369 e. The van der Waals surface area contributed by atoms with Crippen molar-refractivity contribution in [2.24, 2.45) is 5.73 Å². The normalized spacial score (nSPS) is 25.7. The van der Waals surface area contributed by atoms with Crippen LogP contribution < -0.4 is 11.1 Å². The second-order valence-electron chi connectivity index (χ2n) is 7.55. The Hall–Kier alpha value is -1.60. The van der Waals surface area contributed by atoms with E-state index in [0.29, 0.717) is 6.54 Å². The van der Waals surface area contributed by atoms with Crippen LogP contribution in [0.5, 0.6) is 0 Å². The van der Waals surface area contributed by atoms with Crippen LogP contribution >= 0.6 is 0 Å². The number of nitrogens with two attached hydrogens (primary N) is 1. The first kappa shape index (κ1) is 18.2. The highest BCUT2D eigenvalue weighted by Crippen LogP contribution is 2.16. The first-order chi connectivity index (χ1) is 12.1. The van der Waals surface area contributed by atoms with Gasteiger partial charge in [-0.15, -0.1) is 0 Å². The van der Waals surface area contributed by atoms with Crippen molar-refractivity contribution in [1.82, 2.24) is 20.0 Å². The highest BCUT2D eigenvalue weighted by molar-refractivity contribution is 5.76. The Morgan fingerprint density at radius 1 is 1.12 bits per heavy atom. The van der Waals surface area contributed by atoms with Crippen LogP contribution in [0, 0.1) is 0 Å². The predicted octanol–water partition coefficient (Wildman–Crippen LogP) is 0.374. The minimum atomic E-state index is -0.260. The second-order valence-corrected chi connectivity index (χ2v) is 7.55. The first-order valence-electron chi connectivity index (χ1n) is 9.56. The number of hydrogen-bond acceptors (Lipinski definition) is 4. The molecule has 1 atom stereocenters. The van der Waals surface area contributed by atoms with Gasteiger partial charge in [-0.1, -0.05) is 6.08 Å². The molecule has 2 saturated heterocycles. The summed E-state index contributed by atoms with van der Waals surface area (Å²) in [5.41, 5.74) is 6.67. The number of amides is 3. The van der Waals surface area contributed by atoms with Crippen LogP contribution in [0.1, 0.15) is 32.1 Å². The summed E-state index contributed by atoms with van der Waals surface area (Å²) in [6, 6.07) is 0.349. The van der Waals surface area contributed by atoms with Crippen molar-refractivity contribution in [3.05, 3.63) is 11.6 Å². The molecule has 7 nitrogen and oxygen atoms in total. The van der Waals surface area contributed by atoms with Gasteiger partial charge < -0.3 is 16.0 Å². The average Bonchev–Trinajstić information content (AvgIpc) is 3.09. The van der Waals surface area contributed by atoms with Crippen LogP contribution in [0.3, 0.4) is 0 Å². The Kier molecular flexibility index (Phi) is 6.31. The van der Waals surface area contributed by atoms with E-state index in [-0.39, 0.29) is 18.0 Å². The van der Waals surface area contributed by atoms with E-state index in [1.54, 1.807) is 0 Å². The van der Waals surface area contributed by atoms with Gasteiger partial charge in [-0.3, -0.25) is 14.6 Å². The maximum Gasteiger partial charge on any atom is 0.317 e. The number of rotatable bonds is 5. The molecule has 0 spiro atoms. The van der Waals surface area contributed by atoms with Crippen molar-refractivity contribution in [2.75, 3.05) is 52.4 Å². The maximum atomic E-state index is 12.3. The van der Waals surface area contributed by atoms with Crippen LogP contribution in [0.25, 0.3) is 0 Å². The van der Waals surface area contributed by atoms with Crippen LogP contribution in [-0.2, 0) is 4.79 Å². The van der Waals surface area contributed by atoms with Gasteiger partial charge >= 0.3 is 6.03 Å². The Balaban J connectivity index is 1.45. The zero-order valence-corrected chi connectivity index (χ0v) is 15.1. The fourth-order valence-corrected chi connectivity index (χ4v) is 4.14. The SMILES string of the molecule is NC(=O)CN1CCC=C(CN2CCC[C@H](NC(=O)N3CCCC3)C2)C1. The van der Waals surface area contributed by atoms with E-state index in [4.69, 9.17) is 5.73 Å². The monoisotopic (exact) mass is 349 g/mol. The topological polar surface area (TPSA) is 81.9 Å². The van der Waals surface area contributed by atoms with Gasteiger partial charge in [0.15, 0.2) is 0 Å². The summed E-state index contributed by atoms with van der Waals surface area (Å²) < 4.78 is 0. The highest BCUT2D eigenvalue weighted by Gasteiger charge is 2.26. The summed E-state index contributed by atoms with van der Waals surface area (Å²) in [5.74, 6) is -0.260. The third-order valence-corrected chi connectivity index (χ3v) is 5.34. The first-order valence-corrected chi connectivity index (χ1v) is 9.56. The smallest absolute Gasteiger partial charge is 0.317 e. The molecule has 0 aliphatic carbocycles. The summed E-state index contributed by atoms with van der Waals surface area (Å²) in [6.07, 6.45) is 7.70. The van der Waals surface area contributed by atoms with Crippen LogP contribution in [0.4, 0.5) is 4.79 Å². The zero-order chi connectivity index (χ0) is 17.6. The van der Waals surface area contributed by atoms with E-state index < -0.39 is 0 Å². The number of nitrogens with zero attached hydrogens (tertiary/aromatic N) is 3. The molecule has 0 bridgehead atoms. The fraction of sp³-hybridized carbons (Fsp3) is 0.778. The Bertz CT molecular complexity index is 516. The lowest BCUT2D eigenvalue weighted by Crippen LogP contribution is -2.51. The molecule has 140 valence electrons.